The van der Waals surface area contributed by atoms with E-state index in [2.05, 4.69) is 26.1 Å². The molecule has 0 aliphatic carbocycles. The third kappa shape index (κ3) is 6.60. The highest BCUT2D eigenvalue weighted by Crippen LogP contribution is 2.47. The number of hydrogen-bond donors (Lipinski definition) is 2. The second-order valence-corrected chi connectivity index (χ2v) is 10.1. The van der Waals surface area contributed by atoms with E-state index in [9.17, 15) is 19.1 Å². The Morgan fingerprint density at radius 3 is 2.62 bits per heavy atom. The zero-order valence-corrected chi connectivity index (χ0v) is 18.7. The monoisotopic (exact) mass is 425 g/mol. The smallest absolute Gasteiger partial charge is 0.305 e. The van der Waals surface area contributed by atoms with E-state index in [4.69, 9.17) is 0 Å². The molecule has 1 aliphatic heterocycles. The first-order valence-corrected chi connectivity index (χ1v) is 10.8. The second kappa shape index (κ2) is 9.80. The van der Waals surface area contributed by atoms with E-state index in [1.165, 1.54) is 17.8 Å². The minimum atomic E-state index is -1.00. The molecule has 1 saturated heterocycles. The van der Waals surface area contributed by atoms with Crippen molar-refractivity contribution in [1.82, 2.24) is 9.80 Å². The van der Waals surface area contributed by atoms with Crippen LogP contribution in [0.2, 0.25) is 0 Å². The van der Waals surface area contributed by atoms with Crippen molar-refractivity contribution < 1.29 is 19.1 Å². The highest BCUT2D eigenvalue weighted by Gasteiger charge is 2.43. The Bertz CT molecular complexity index is 736. The molecule has 2 rings (SSSR count). The van der Waals surface area contributed by atoms with Crippen LogP contribution in [-0.2, 0) is 9.59 Å². The van der Waals surface area contributed by atoms with Crippen molar-refractivity contribution in [3.05, 3.63) is 29.6 Å². The van der Waals surface area contributed by atoms with Crippen molar-refractivity contribution in [3.8, 4) is 0 Å². The van der Waals surface area contributed by atoms with Crippen LogP contribution in [0.3, 0.4) is 0 Å². The number of carboxylic acid groups (broad SMARTS) is 1. The molecule has 1 fully saturated rings. The van der Waals surface area contributed by atoms with E-state index in [1.54, 1.807) is 11.0 Å². The lowest BCUT2D eigenvalue weighted by atomic mass is 9.92. The molecular formula is C21H32FN3O3S. The van der Waals surface area contributed by atoms with Gasteiger partial charge in [-0.15, -0.1) is 11.8 Å². The molecule has 1 unspecified atom stereocenters. The average Bonchev–Trinajstić information content (AvgIpc) is 2.88. The number of rotatable bonds is 9. The second-order valence-electron chi connectivity index (χ2n) is 8.85. The normalized spacial score (nSPS) is 19.8. The molecule has 0 aromatic heterocycles. The Morgan fingerprint density at radius 2 is 2.03 bits per heavy atom. The summed E-state index contributed by atoms with van der Waals surface area (Å²) in [6.45, 7) is 8.10. The number of carboxylic acids is 1. The number of carbonyl (C=O) groups is 2. The van der Waals surface area contributed by atoms with Gasteiger partial charge in [-0.3, -0.25) is 9.59 Å². The number of aliphatic carboxylic acids is 1. The molecule has 8 heteroatoms. The number of nitrogens with one attached hydrogen (secondary N) is 1. The van der Waals surface area contributed by atoms with E-state index < -0.39 is 16.6 Å². The fourth-order valence-corrected chi connectivity index (χ4v) is 4.64. The van der Waals surface area contributed by atoms with Crippen LogP contribution in [0.1, 0.15) is 44.6 Å². The number of para-hydroxylation sites is 1. The van der Waals surface area contributed by atoms with Crippen LogP contribution in [0.15, 0.2) is 18.2 Å². The van der Waals surface area contributed by atoms with Gasteiger partial charge in [-0.25, -0.2) is 4.39 Å². The Kier molecular flexibility index (Phi) is 7.94. The van der Waals surface area contributed by atoms with Gasteiger partial charge < -0.3 is 20.2 Å². The molecule has 0 radical (unpaired) electrons. The zero-order chi connectivity index (χ0) is 21.8. The highest BCUT2D eigenvalue weighted by molar-refractivity contribution is 8.01. The molecule has 2 N–H and O–H groups in total. The molecular weight excluding hydrogens is 393 g/mol. The fourth-order valence-electron chi connectivity index (χ4n) is 3.14. The number of anilines is 1. The maximum absolute atomic E-state index is 14.7. The Morgan fingerprint density at radius 1 is 1.34 bits per heavy atom. The molecule has 2 atom stereocenters. The summed E-state index contributed by atoms with van der Waals surface area (Å²) in [5, 5.41) is 11.3. The van der Waals surface area contributed by atoms with Gasteiger partial charge in [0.1, 0.15) is 11.2 Å². The van der Waals surface area contributed by atoms with Gasteiger partial charge in [-0.05, 0) is 32.0 Å². The van der Waals surface area contributed by atoms with Crippen molar-refractivity contribution in [2.24, 2.45) is 5.41 Å². The average molecular weight is 426 g/mol. The molecule has 1 aromatic rings. The summed E-state index contributed by atoms with van der Waals surface area (Å²) in [5.74, 6) is -1.56. The predicted molar refractivity (Wildman–Crippen MR) is 116 cm³/mol. The summed E-state index contributed by atoms with van der Waals surface area (Å²) < 4.78 is 14.7. The molecule has 1 heterocycles. The molecule has 0 spiro atoms. The lowest BCUT2D eigenvalue weighted by Gasteiger charge is -2.29. The maximum Gasteiger partial charge on any atom is 0.305 e. The number of benzene rings is 1. The van der Waals surface area contributed by atoms with Crippen molar-refractivity contribution in [3.63, 3.8) is 0 Å². The number of thioether (sulfide) groups is 1. The Hall–Kier alpha value is -1.80. The van der Waals surface area contributed by atoms with E-state index in [-0.39, 0.29) is 23.6 Å². The highest BCUT2D eigenvalue weighted by atomic mass is 32.2. The van der Waals surface area contributed by atoms with Crippen molar-refractivity contribution in [2.75, 3.05) is 39.0 Å². The summed E-state index contributed by atoms with van der Waals surface area (Å²) >= 11 is 1.30. The van der Waals surface area contributed by atoms with E-state index >= 15 is 0 Å². The van der Waals surface area contributed by atoms with Gasteiger partial charge in [0, 0.05) is 25.2 Å². The van der Waals surface area contributed by atoms with Gasteiger partial charge in [0.05, 0.1) is 17.4 Å². The lowest BCUT2D eigenvalue weighted by molar-refractivity contribution is -0.140. The fraction of sp³-hybridized carbons (Fsp3) is 0.619. The van der Waals surface area contributed by atoms with Gasteiger partial charge in [0.2, 0.25) is 5.91 Å². The van der Waals surface area contributed by atoms with E-state index in [0.29, 0.717) is 24.3 Å². The van der Waals surface area contributed by atoms with Crippen molar-refractivity contribution in [1.29, 1.82) is 0 Å². The Labute approximate surface area is 176 Å². The van der Waals surface area contributed by atoms with Gasteiger partial charge >= 0.3 is 5.97 Å². The standard InChI is InChI=1S/C21H32FN3O3S/c1-21(2,3)9-11-25-19(28)16(13-17(26)27)29-20(25)14-7-6-8-15(22)18(14)23-10-12-24(4)5/h6-8,16,20,23H,9-13H2,1-5H3,(H,26,27)/t16-,20?/m0/s1. The van der Waals surface area contributed by atoms with Crippen LogP contribution in [-0.4, -0.2) is 65.8 Å². The summed E-state index contributed by atoms with van der Waals surface area (Å²) in [6, 6.07) is 4.86. The summed E-state index contributed by atoms with van der Waals surface area (Å²) in [7, 11) is 3.89. The molecule has 0 bridgehead atoms. The first-order valence-electron chi connectivity index (χ1n) is 9.84. The number of carbonyl (C=O) groups excluding carboxylic acids is 1. The minimum absolute atomic E-state index is 0.0229. The first kappa shape index (κ1) is 23.5. The van der Waals surface area contributed by atoms with Crippen LogP contribution < -0.4 is 5.32 Å². The summed E-state index contributed by atoms with van der Waals surface area (Å²) in [5.41, 5.74) is 1.09. The van der Waals surface area contributed by atoms with Crippen molar-refractivity contribution in [2.45, 2.75) is 44.2 Å². The number of halogens is 1. The third-order valence-corrected chi connectivity index (χ3v) is 6.23. The molecule has 1 aromatic carbocycles. The predicted octanol–water partition coefficient (Wildman–Crippen LogP) is 3.65. The van der Waals surface area contributed by atoms with E-state index in [1.807, 2.05) is 25.1 Å². The minimum Gasteiger partial charge on any atom is -0.481 e. The molecule has 6 nitrogen and oxygen atoms in total. The topological polar surface area (TPSA) is 72.9 Å². The van der Waals surface area contributed by atoms with E-state index in [0.717, 1.165) is 13.0 Å². The number of likely N-dealkylation sites (N-methyl/N-ethyl adjacent to an activating group) is 1. The quantitative estimate of drug-likeness (QED) is 0.629. The van der Waals surface area contributed by atoms with Gasteiger partial charge in [0.25, 0.3) is 0 Å². The van der Waals surface area contributed by atoms with Gasteiger partial charge in [-0.1, -0.05) is 32.9 Å². The maximum atomic E-state index is 14.7. The molecule has 29 heavy (non-hydrogen) atoms. The van der Waals surface area contributed by atoms with Crippen LogP contribution in [0.4, 0.5) is 10.1 Å². The number of hydrogen-bond acceptors (Lipinski definition) is 5. The third-order valence-electron chi connectivity index (χ3n) is 4.77. The molecule has 1 amide bonds. The Balaban J connectivity index is 2.33. The van der Waals surface area contributed by atoms with Gasteiger partial charge in [-0.2, -0.15) is 0 Å². The summed E-state index contributed by atoms with van der Waals surface area (Å²) in [4.78, 5) is 27.9. The molecule has 0 saturated carbocycles. The lowest BCUT2D eigenvalue weighted by Crippen LogP contribution is -2.34. The van der Waals surface area contributed by atoms with Crippen LogP contribution in [0.5, 0.6) is 0 Å². The SMILES string of the molecule is CN(C)CCNc1c(F)cccc1C1S[C@@H](CC(=O)O)C(=O)N1CCC(C)(C)C. The molecule has 162 valence electrons. The van der Waals surface area contributed by atoms with Crippen LogP contribution in [0.25, 0.3) is 0 Å². The zero-order valence-electron chi connectivity index (χ0n) is 17.9. The first-order chi connectivity index (χ1) is 13.5. The van der Waals surface area contributed by atoms with Crippen molar-refractivity contribution >= 4 is 29.3 Å². The number of amides is 1. The van der Waals surface area contributed by atoms with Crippen LogP contribution in [0, 0.1) is 11.2 Å². The summed E-state index contributed by atoms with van der Waals surface area (Å²) in [6.07, 6.45) is 0.541. The largest absolute Gasteiger partial charge is 0.481 e. The molecule has 1 aliphatic rings. The van der Waals surface area contributed by atoms with Gasteiger partial charge in [0.15, 0.2) is 0 Å². The number of nitrogens with zero attached hydrogens (tertiary/aromatic N) is 2. The van der Waals surface area contributed by atoms with Crippen LogP contribution >= 0.6 is 11.8 Å².